The van der Waals surface area contributed by atoms with E-state index in [0.29, 0.717) is 22.9 Å². The van der Waals surface area contributed by atoms with E-state index in [2.05, 4.69) is 0 Å². The summed E-state index contributed by atoms with van der Waals surface area (Å²) >= 11 is 7.04. The van der Waals surface area contributed by atoms with Crippen molar-refractivity contribution in [1.29, 1.82) is 0 Å². The van der Waals surface area contributed by atoms with Crippen LogP contribution in [0.1, 0.15) is 16.1 Å². The predicted octanol–water partition coefficient (Wildman–Crippen LogP) is 1.70. The molecular weight excluding hydrogens is 238 g/mol. The summed E-state index contributed by atoms with van der Waals surface area (Å²) in [7, 11) is 0. The number of thiophene rings is 1. The van der Waals surface area contributed by atoms with Crippen molar-refractivity contribution < 1.29 is 14.7 Å². The maximum absolute atomic E-state index is 11.8. The summed E-state index contributed by atoms with van der Waals surface area (Å²) in [6, 6.07) is 0.949. The molecule has 1 amide bonds. The maximum atomic E-state index is 11.8. The molecule has 4 nitrogen and oxygen atoms in total. The molecule has 1 atom stereocenters. The van der Waals surface area contributed by atoms with Crippen molar-refractivity contribution in [1.82, 2.24) is 4.90 Å². The van der Waals surface area contributed by atoms with Gasteiger partial charge in [0.25, 0.3) is 5.91 Å². The molecule has 0 saturated carbocycles. The van der Waals surface area contributed by atoms with Crippen LogP contribution in [0.25, 0.3) is 0 Å². The van der Waals surface area contributed by atoms with Crippen LogP contribution in [0.5, 0.6) is 0 Å². The molecule has 1 aliphatic heterocycles. The van der Waals surface area contributed by atoms with Crippen LogP contribution in [0.3, 0.4) is 0 Å². The van der Waals surface area contributed by atoms with E-state index < -0.39 is 12.0 Å². The maximum Gasteiger partial charge on any atom is 0.326 e. The van der Waals surface area contributed by atoms with Crippen molar-refractivity contribution in [3.63, 3.8) is 0 Å². The molecule has 6 heteroatoms. The number of nitrogens with zero attached hydrogens (tertiary/aromatic N) is 1. The Morgan fingerprint density at radius 1 is 1.60 bits per heavy atom. The van der Waals surface area contributed by atoms with Crippen LogP contribution in [0.15, 0.2) is 11.4 Å². The first kappa shape index (κ1) is 10.4. The van der Waals surface area contributed by atoms with E-state index in [1.807, 2.05) is 0 Å². The monoisotopic (exact) mass is 245 g/mol. The third-order valence-electron chi connectivity index (χ3n) is 2.38. The Morgan fingerprint density at radius 3 is 2.73 bits per heavy atom. The highest BCUT2D eigenvalue weighted by Gasteiger charge is 2.38. The van der Waals surface area contributed by atoms with Gasteiger partial charge < -0.3 is 10.0 Å². The summed E-state index contributed by atoms with van der Waals surface area (Å²) in [4.78, 5) is 24.3. The first-order chi connectivity index (χ1) is 7.11. The van der Waals surface area contributed by atoms with Gasteiger partial charge in [-0.05, 0) is 17.9 Å². The number of carboxylic acid groups (broad SMARTS) is 1. The third-order valence-corrected chi connectivity index (χ3v) is 3.71. The Bertz CT molecular complexity index is 417. The molecule has 1 unspecified atom stereocenters. The molecule has 0 bridgehead atoms. The van der Waals surface area contributed by atoms with Gasteiger partial charge in [-0.2, -0.15) is 0 Å². The van der Waals surface area contributed by atoms with Crippen molar-refractivity contribution in [3.05, 3.63) is 21.3 Å². The van der Waals surface area contributed by atoms with Gasteiger partial charge in [0.05, 0.1) is 5.02 Å². The number of carbonyl (C=O) groups excluding carboxylic acids is 1. The van der Waals surface area contributed by atoms with Gasteiger partial charge in [-0.3, -0.25) is 4.79 Å². The van der Waals surface area contributed by atoms with Gasteiger partial charge in [-0.15, -0.1) is 11.3 Å². The van der Waals surface area contributed by atoms with Crippen LogP contribution in [0, 0.1) is 0 Å². The average molecular weight is 246 g/mol. The summed E-state index contributed by atoms with van der Waals surface area (Å²) in [5.41, 5.74) is 0. The molecule has 1 saturated heterocycles. The van der Waals surface area contributed by atoms with Crippen molar-refractivity contribution in [2.75, 3.05) is 6.54 Å². The Labute approximate surface area is 95.1 Å². The Balaban J connectivity index is 2.16. The molecule has 0 aliphatic carbocycles. The lowest BCUT2D eigenvalue weighted by Gasteiger charge is -2.37. The summed E-state index contributed by atoms with van der Waals surface area (Å²) in [6.45, 7) is 0.490. The van der Waals surface area contributed by atoms with Crippen LogP contribution in [0.4, 0.5) is 0 Å². The van der Waals surface area contributed by atoms with E-state index in [0.717, 1.165) is 0 Å². The molecule has 1 aromatic heterocycles. The number of halogens is 1. The molecule has 0 radical (unpaired) electrons. The SMILES string of the molecule is O=C(O)C1CCN1C(=O)c1sccc1Cl. The quantitative estimate of drug-likeness (QED) is 0.863. The summed E-state index contributed by atoms with van der Waals surface area (Å²) in [6.07, 6.45) is 0.518. The smallest absolute Gasteiger partial charge is 0.326 e. The van der Waals surface area contributed by atoms with Gasteiger partial charge in [0.15, 0.2) is 0 Å². The zero-order valence-corrected chi connectivity index (χ0v) is 9.22. The number of rotatable bonds is 2. The average Bonchev–Trinajstić information content (AvgIpc) is 2.47. The van der Waals surface area contributed by atoms with Gasteiger partial charge in [-0.25, -0.2) is 4.79 Å². The highest BCUT2D eigenvalue weighted by Crippen LogP contribution is 2.28. The molecule has 0 spiro atoms. The minimum atomic E-state index is -0.956. The number of aliphatic carboxylic acids is 1. The lowest BCUT2D eigenvalue weighted by atomic mass is 10.0. The van der Waals surface area contributed by atoms with Crippen molar-refractivity contribution >= 4 is 34.8 Å². The predicted molar refractivity (Wildman–Crippen MR) is 56.4 cm³/mol. The number of amides is 1. The normalized spacial score (nSPS) is 19.8. The van der Waals surface area contributed by atoms with Gasteiger partial charge >= 0.3 is 5.97 Å². The molecule has 0 aromatic carbocycles. The minimum absolute atomic E-state index is 0.284. The van der Waals surface area contributed by atoms with Crippen LogP contribution in [0.2, 0.25) is 5.02 Å². The second kappa shape index (κ2) is 3.83. The minimum Gasteiger partial charge on any atom is -0.480 e. The highest BCUT2D eigenvalue weighted by molar-refractivity contribution is 7.12. The zero-order valence-electron chi connectivity index (χ0n) is 7.64. The van der Waals surface area contributed by atoms with E-state index in [1.165, 1.54) is 16.2 Å². The second-order valence-electron chi connectivity index (χ2n) is 3.24. The van der Waals surface area contributed by atoms with Crippen molar-refractivity contribution in [2.24, 2.45) is 0 Å². The van der Waals surface area contributed by atoms with Gasteiger partial charge in [0.2, 0.25) is 0 Å². The fraction of sp³-hybridized carbons (Fsp3) is 0.333. The van der Waals surface area contributed by atoms with E-state index in [9.17, 15) is 9.59 Å². The molecule has 1 N–H and O–H groups in total. The van der Waals surface area contributed by atoms with Gasteiger partial charge in [0.1, 0.15) is 10.9 Å². The molecule has 80 valence electrons. The molecule has 2 heterocycles. The molecular formula is C9H8ClNO3S. The first-order valence-corrected chi connectivity index (χ1v) is 5.64. The van der Waals surface area contributed by atoms with E-state index in [1.54, 1.807) is 11.4 Å². The number of likely N-dealkylation sites (tertiary alicyclic amines) is 1. The summed E-state index contributed by atoms with van der Waals surface area (Å²) in [5.74, 6) is -1.24. The molecule has 1 fully saturated rings. The lowest BCUT2D eigenvalue weighted by molar-refractivity contribution is -0.146. The second-order valence-corrected chi connectivity index (χ2v) is 4.56. The van der Waals surface area contributed by atoms with Gasteiger partial charge in [0, 0.05) is 6.54 Å². The van der Waals surface area contributed by atoms with Crippen LogP contribution < -0.4 is 0 Å². The largest absolute Gasteiger partial charge is 0.480 e. The molecule has 15 heavy (non-hydrogen) atoms. The van der Waals surface area contributed by atoms with Crippen LogP contribution in [-0.4, -0.2) is 34.5 Å². The van der Waals surface area contributed by atoms with Crippen LogP contribution >= 0.6 is 22.9 Å². The fourth-order valence-electron chi connectivity index (χ4n) is 1.46. The van der Waals surface area contributed by atoms with Crippen molar-refractivity contribution in [3.8, 4) is 0 Å². The first-order valence-electron chi connectivity index (χ1n) is 4.38. The standard InChI is InChI=1S/C9H8ClNO3S/c10-5-2-4-15-7(5)8(12)11-3-1-6(11)9(13)14/h2,4,6H,1,3H2,(H,13,14). The topological polar surface area (TPSA) is 57.6 Å². The lowest BCUT2D eigenvalue weighted by Crippen LogP contribution is -2.55. The third kappa shape index (κ3) is 1.72. The van der Waals surface area contributed by atoms with E-state index in [-0.39, 0.29) is 5.91 Å². The fourth-order valence-corrected chi connectivity index (χ4v) is 2.56. The Hall–Kier alpha value is -1.07. The number of hydrogen-bond donors (Lipinski definition) is 1. The number of carbonyl (C=O) groups is 2. The highest BCUT2D eigenvalue weighted by atomic mass is 35.5. The Morgan fingerprint density at radius 2 is 2.33 bits per heavy atom. The summed E-state index contributed by atoms with van der Waals surface area (Å²) < 4.78 is 0. The number of hydrogen-bond acceptors (Lipinski definition) is 3. The molecule has 1 aliphatic rings. The zero-order chi connectivity index (χ0) is 11.0. The number of carboxylic acids is 1. The van der Waals surface area contributed by atoms with Crippen molar-refractivity contribution in [2.45, 2.75) is 12.5 Å². The summed E-state index contributed by atoms with van der Waals surface area (Å²) in [5, 5.41) is 10.9. The Kier molecular flexibility index (Phi) is 2.67. The van der Waals surface area contributed by atoms with Crippen LogP contribution in [-0.2, 0) is 4.79 Å². The van der Waals surface area contributed by atoms with Gasteiger partial charge in [-0.1, -0.05) is 11.6 Å². The van der Waals surface area contributed by atoms with E-state index in [4.69, 9.17) is 16.7 Å². The van der Waals surface area contributed by atoms with E-state index >= 15 is 0 Å². The molecule has 2 rings (SSSR count). The molecule has 1 aromatic rings.